The predicted octanol–water partition coefficient (Wildman–Crippen LogP) is 4.09. The molecule has 1 amide bonds. The fraction of sp³-hybridized carbons (Fsp3) is 0.211. The number of carbonyl (C=O) groups is 1. The molecule has 0 aliphatic carbocycles. The van der Waals surface area contributed by atoms with E-state index in [1.807, 2.05) is 49.4 Å². The molecule has 0 radical (unpaired) electrons. The van der Waals surface area contributed by atoms with E-state index in [9.17, 15) is 4.79 Å². The van der Waals surface area contributed by atoms with Crippen molar-refractivity contribution in [2.24, 2.45) is 0 Å². The molecule has 24 heavy (non-hydrogen) atoms. The lowest BCUT2D eigenvalue weighted by Crippen LogP contribution is -2.29. The van der Waals surface area contributed by atoms with Gasteiger partial charge in [-0.05, 0) is 36.2 Å². The second-order valence-corrected chi connectivity index (χ2v) is 6.05. The number of hydrogen-bond acceptors (Lipinski definition) is 3. The van der Waals surface area contributed by atoms with Gasteiger partial charge in [-0.25, -0.2) is 0 Å². The van der Waals surface area contributed by atoms with Gasteiger partial charge in [0.25, 0.3) is 0 Å². The van der Waals surface area contributed by atoms with E-state index in [1.165, 1.54) is 0 Å². The van der Waals surface area contributed by atoms with E-state index in [-0.39, 0.29) is 11.9 Å². The van der Waals surface area contributed by atoms with E-state index in [4.69, 9.17) is 11.6 Å². The molecule has 1 aromatic carbocycles. The molecule has 0 spiro atoms. The molecule has 0 saturated heterocycles. The Balaban J connectivity index is 1.89. The lowest BCUT2D eigenvalue weighted by Gasteiger charge is -2.18. The summed E-state index contributed by atoms with van der Waals surface area (Å²) in [6.45, 7) is 1.84. The quantitative estimate of drug-likeness (QED) is 0.761. The van der Waals surface area contributed by atoms with Crippen LogP contribution in [0, 0.1) is 0 Å². The van der Waals surface area contributed by atoms with E-state index in [0.29, 0.717) is 17.9 Å². The van der Waals surface area contributed by atoms with Crippen molar-refractivity contribution in [3.05, 3.63) is 71.1 Å². The number of benzene rings is 1. The van der Waals surface area contributed by atoms with Crippen LogP contribution in [0.15, 0.2) is 54.9 Å². The number of nitrogens with one attached hydrogen (secondary N) is 1. The molecule has 0 saturated carbocycles. The molecule has 0 fully saturated rings. The number of hydrogen-bond donors (Lipinski definition) is 1. The number of carbonyl (C=O) groups excluding carboxylic acids is 1. The highest BCUT2D eigenvalue weighted by Crippen LogP contribution is 2.22. The van der Waals surface area contributed by atoms with Crippen molar-refractivity contribution in [2.75, 3.05) is 0 Å². The second-order valence-electron chi connectivity index (χ2n) is 5.61. The summed E-state index contributed by atoms with van der Waals surface area (Å²) in [5.41, 5.74) is 2.83. The first-order chi connectivity index (χ1) is 11.7. The molecule has 0 aliphatic heterocycles. The number of fused-ring (bicyclic) bond motifs is 1. The third-order valence-electron chi connectivity index (χ3n) is 3.86. The van der Waals surface area contributed by atoms with Crippen molar-refractivity contribution < 1.29 is 4.79 Å². The fourth-order valence-corrected chi connectivity index (χ4v) is 2.78. The predicted molar refractivity (Wildman–Crippen MR) is 95.9 cm³/mol. The van der Waals surface area contributed by atoms with Gasteiger partial charge >= 0.3 is 0 Å². The number of aromatic nitrogens is 2. The summed E-state index contributed by atoms with van der Waals surface area (Å²) in [7, 11) is 0. The van der Waals surface area contributed by atoms with Crippen LogP contribution in [0.1, 0.15) is 30.6 Å². The number of nitrogens with zero attached hydrogens (tertiary/aromatic N) is 2. The standard InChI is InChI=1S/C19H18ClN3O/c1-2-19(24)23-18(16-5-3-4-8-21-16)10-13-6-7-14-11-15(20)12-22-17(14)9-13/h3-9,11-12,18H,2,10H2,1H3,(H,23,24). The van der Waals surface area contributed by atoms with Crippen molar-refractivity contribution in [1.29, 1.82) is 0 Å². The highest BCUT2D eigenvalue weighted by Gasteiger charge is 2.16. The molecule has 2 aromatic heterocycles. The van der Waals surface area contributed by atoms with Crippen LogP contribution in [0.3, 0.4) is 0 Å². The zero-order chi connectivity index (χ0) is 16.9. The van der Waals surface area contributed by atoms with Gasteiger partial charge in [-0.1, -0.05) is 36.7 Å². The summed E-state index contributed by atoms with van der Waals surface area (Å²) in [5.74, 6) is 0.0105. The smallest absolute Gasteiger partial charge is 0.220 e. The summed E-state index contributed by atoms with van der Waals surface area (Å²) in [5, 5.41) is 4.67. The molecule has 5 heteroatoms. The van der Waals surface area contributed by atoms with Crippen LogP contribution in [0.4, 0.5) is 0 Å². The molecule has 3 aromatic rings. The first kappa shape index (κ1) is 16.4. The maximum Gasteiger partial charge on any atom is 0.220 e. The summed E-state index contributed by atoms with van der Waals surface area (Å²) in [6, 6.07) is 13.5. The normalized spacial score (nSPS) is 12.1. The van der Waals surface area contributed by atoms with Crippen molar-refractivity contribution in [1.82, 2.24) is 15.3 Å². The zero-order valence-corrected chi connectivity index (χ0v) is 14.1. The summed E-state index contributed by atoms with van der Waals surface area (Å²) >= 11 is 5.98. The van der Waals surface area contributed by atoms with Crippen LogP contribution in [0.2, 0.25) is 5.02 Å². The highest BCUT2D eigenvalue weighted by molar-refractivity contribution is 6.31. The fourth-order valence-electron chi connectivity index (χ4n) is 2.61. The minimum absolute atomic E-state index is 0.0105. The minimum atomic E-state index is -0.164. The van der Waals surface area contributed by atoms with Crippen LogP contribution in [-0.4, -0.2) is 15.9 Å². The monoisotopic (exact) mass is 339 g/mol. The Labute approximate surface area is 145 Å². The van der Waals surface area contributed by atoms with Gasteiger partial charge in [-0.3, -0.25) is 14.8 Å². The Morgan fingerprint density at radius 3 is 2.83 bits per heavy atom. The minimum Gasteiger partial charge on any atom is -0.347 e. The topological polar surface area (TPSA) is 54.9 Å². The van der Waals surface area contributed by atoms with Crippen LogP contribution in [0.5, 0.6) is 0 Å². The van der Waals surface area contributed by atoms with Crippen LogP contribution >= 0.6 is 11.6 Å². The number of amides is 1. The second kappa shape index (κ2) is 7.41. The van der Waals surface area contributed by atoms with Gasteiger partial charge in [-0.2, -0.15) is 0 Å². The molecule has 3 rings (SSSR count). The molecular formula is C19H18ClN3O. The summed E-state index contributed by atoms with van der Waals surface area (Å²) in [4.78, 5) is 20.6. The lowest BCUT2D eigenvalue weighted by atomic mass is 10.0. The van der Waals surface area contributed by atoms with Gasteiger partial charge < -0.3 is 5.32 Å². The Hall–Kier alpha value is -2.46. The van der Waals surface area contributed by atoms with E-state index >= 15 is 0 Å². The van der Waals surface area contributed by atoms with Gasteiger partial charge in [0.15, 0.2) is 0 Å². The Morgan fingerprint density at radius 2 is 2.08 bits per heavy atom. The van der Waals surface area contributed by atoms with Crippen molar-refractivity contribution in [3.8, 4) is 0 Å². The van der Waals surface area contributed by atoms with Gasteiger partial charge in [-0.15, -0.1) is 0 Å². The Morgan fingerprint density at radius 1 is 1.21 bits per heavy atom. The van der Waals surface area contributed by atoms with E-state index in [2.05, 4.69) is 15.3 Å². The van der Waals surface area contributed by atoms with Crippen molar-refractivity contribution >= 4 is 28.4 Å². The Bertz CT molecular complexity index is 852. The zero-order valence-electron chi connectivity index (χ0n) is 13.4. The van der Waals surface area contributed by atoms with Gasteiger partial charge in [0, 0.05) is 24.2 Å². The highest BCUT2D eigenvalue weighted by atomic mass is 35.5. The van der Waals surface area contributed by atoms with Gasteiger partial charge in [0.05, 0.1) is 22.3 Å². The first-order valence-corrected chi connectivity index (χ1v) is 8.28. The Kier molecular flexibility index (Phi) is 5.06. The van der Waals surface area contributed by atoms with Crippen LogP contribution < -0.4 is 5.32 Å². The molecule has 2 heterocycles. The molecule has 1 atom stereocenters. The maximum absolute atomic E-state index is 11.9. The van der Waals surface area contributed by atoms with Gasteiger partial charge in [0.2, 0.25) is 5.91 Å². The van der Waals surface area contributed by atoms with Gasteiger partial charge in [0.1, 0.15) is 0 Å². The van der Waals surface area contributed by atoms with Crippen LogP contribution in [-0.2, 0) is 11.2 Å². The van der Waals surface area contributed by atoms with E-state index in [1.54, 1.807) is 12.4 Å². The van der Waals surface area contributed by atoms with E-state index in [0.717, 1.165) is 22.2 Å². The van der Waals surface area contributed by atoms with Crippen LogP contribution in [0.25, 0.3) is 10.9 Å². The number of pyridine rings is 2. The molecule has 1 unspecified atom stereocenters. The molecule has 0 aliphatic rings. The summed E-state index contributed by atoms with van der Waals surface area (Å²) in [6.07, 6.45) is 4.48. The lowest BCUT2D eigenvalue weighted by molar-refractivity contribution is -0.121. The average Bonchev–Trinajstić information content (AvgIpc) is 2.62. The molecular weight excluding hydrogens is 322 g/mol. The van der Waals surface area contributed by atoms with Crippen molar-refractivity contribution in [2.45, 2.75) is 25.8 Å². The average molecular weight is 340 g/mol. The molecule has 0 bridgehead atoms. The largest absolute Gasteiger partial charge is 0.347 e. The third-order valence-corrected chi connectivity index (χ3v) is 4.06. The number of halogens is 1. The number of rotatable bonds is 5. The van der Waals surface area contributed by atoms with E-state index < -0.39 is 0 Å². The van der Waals surface area contributed by atoms with Crippen molar-refractivity contribution in [3.63, 3.8) is 0 Å². The summed E-state index contributed by atoms with van der Waals surface area (Å²) < 4.78 is 0. The molecule has 4 nitrogen and oxygen atoms in total. The maximum atomic E-state index is 11.9. The first-order valence-electron chi connectivity index (χ1n) is 7.90. The third kappa shape index (κ3) is 3.89. The molecule has 122 valence electrons. The SMILES string of the molecule is CCC(=O)NC(Cc1ccc2cc(Cl)cnc2c1)c1ccccn1. The molecule has 1 N–H and O–H groups in total.